The molecule has 2 aromatic rings. The first kappa shape index (κ1) is 13.2. The topological polar surface area (TPSA) is 51.2 Å². The number of aryl methyl sites for hydroxylation is 4. The Morgan fingerprint density at radius 3 is 2.56 bits per heavy atom. The van der Waals surface area contributed by atoms with E-state index in [1.165, 1.54) is 0 Å². The van der Waals surface area contributed by atoms with Gasteiger partial charge < -0.3 is 9.52 Å². The van der Waals surface area contributed by atoms with Gasteiger partial charge in [-0.25, -0.2) is 0 Å². The molecule has 2 rings (SSSR count). The molecule has 4 nitrogen and oxygen atoms in total. The van der Waals surface area contributed by atoms with Gasteiger partial charge >= 0.3 is 0 Å². The summed E-state index contributed by atoms with van der Waals surface area (Å²) in [4.78, 5) is 0. The summed E-state index contributed by atoms with van der Waals surface area (Å²) < 4.78 is 7.14. The summed E-state index contributed by atoms with van der Waals surface area (Å²) in [5.74, 6) is 1.55. The van der Waals surface area contributed by atoms with Gasteiger partial charge in [0.15, 0.2) is 0 Å². The van der Waals surface area contributed by atoms with Crippen molar-refractivity contribution in [3.05, 3.63) is 39.6 Å². The number of hydrogen-bond acceptors (Lipinski definition) is 3. The first-order chi connectivity index (χ1) is 8.40. The van der Waals surface area contributed by atoms with Crippen molar-refractivity contribution in [2.75, 3.05) is 0 Å². The second kappa shape index (κ2) is 4.78. The summed E-state index contributed by atoms with van der Waals surface area (Å²) in [7, 11) is 1.83. The summed E-state index contributed by atoms with van der Waals surface area (Å²) in [5, 5.41) is 15.1. The van der Waals surface area contributed by atoms with Crippen LogP contribution in [0.25, 0.3) is 0 Å². The quantitative estimate of drug-likeness (QED) is 0.931. The molecule has 2 heterocycles. The lowest BCUT2D eigenvalue weighted by Gasteiger charge is -2.10. The molecule has 0 aliphatic carbocycles. The van der Waals surface area contributed by atoms with Gasteiger partial charge in [0, 0.05) is 19.0 Å². The van der Waals surface area contributed by atoms with Crippen LogP contribution in [0, 0.1) is 20.8 Å². The predicted molar refractivity (Wildman–Crippen MR) is 69.8 cm³/mol. The zero-order valence-electron chi connectivity index (χ0n) is 11.0. The Morgan fingerprint density at radius 2 is 2.11 bits per heavy atom. The van der Waals surface area contributed by atoms with Gasteiger partial charge in [-0.1, -0.05) is 11.6 Å². The standard InChI is InChI=1S/C13H17ClN2O2/c1-7-5-10(9(3)18-7)12(17)6-11-13(14)8(2)15-16(11)4/h5,12,17H,6H2,1-4H3. The molecule has 5 heteroatoms. The van der Waals surface area contributed by atoms with E-state index < -0.39 is 6.10 Å². The number of aliphatic hydroxyl groups excluding tert-OH is 1. The van der Waals surface area contributed by atoms with Crippen molar-refractivity contribution in [3.8, 4) is 0 Å². The highest BCUT2D eigenvalue weighted by molar-refractivity contribution is 6.31. The van der Waals surface area contributed by atoms with Gasteiger partial charge in [-0.05, 0) is 26.8 Å². The summed E-state index contributed by atoms with van der Waals surface area (Å²) in [6.07, 6.45) is -0.203. The van der Waals surface area contributed by atoms with Gasteiger partial charge in [0.2, 0.25) is 0 Å². The molecular weight excluding hydrogens is 252 g/mol. The van der Waals surface area contributed by atoms with E-state index in [4.69, 9.17) is 16.0 Å². The van der Waals surface area contributed by atoms with Gasteiger partial charge in [-0.3, -0.25) is 4.68 Å². The van der Waals surface area contributed by atoms with Crippen LogP contribution in [-0.2, 0) is 13.5 Å². The van der Waals surface area contributed by atoms with E-state index >= 15 is 0 Å². The Hall–Kier alpha value is -1.26. The fraction of sp³-hybridized carbons (Fsp3) is 0.462. The lowest BCUT2D eigenvalue weighted by atomic mass is 10.1. The predicted octanol–water partition coefficient (Wildman–Crippen LogP) is 2.87. The maximum Gasteiger partial charge on any atom is 0.106 e. The van der Waals surface area contributed by atoms with E-state index in [1.54, 1.807) is 4.68 Å². The number of rotatable bonds is 3. The molecule has 0 bridgehead atoms. The summed E-state index contributed by atoms with van der Waals surface area (Å²) in [6.45, 7) is 5.57. The Balaban J connectivity index is 2.26. The molecule has 0 fully saturated rings. The van der Waals surface area contributed by atoms with Crippen LogP contribution in [0.15, 0.2) is 10.5 Å². The minimum Gasteiger partial charge on any atom is -0.466 e. The highest BCUT2D eigenvalue weighted by Gasteiger charge is 2.19. The number of furan rings is 1. The van der Waals surface area contributed by atoms with Gasteiger partial charge in [0.05, 0.1) is 22.5 Å². The largest absolute Gasteiger partial charge is 0.466 e. The first-order valence-corrected chi connectivity index (χ1v) is 6.21. The molecule has 0 amide bonds. The SMILES string of the molecule is Cc1cc(C(O)Cc2c(Cl)c(C)nn2C)c(C)o1. The summed E-state index contributed by atoms with van der Waals surface area (Å²) in [6, 6.07) is 1.86. The lowest BCUT2D eigenvalue weighted by Crippen LogP contribution is -2.07. The third-order valence-electron chi connectivity index (χ3n) is 3.09. The average molecular weight is 269 g/mol. The molecule has 0 aliphatic rings. The van der Waals surface area contributed by atoms with Crippen LogP contribution in [0.5, 0.6) is 0 Å². The Bertz CT molecular complexity index is 572. The van der Waals surface area contributed by atoms with E-state index in [0.29, 0.717) is 11.4 Å². The molecule has 2 aromatic heterocycles. The number of aromatic nitrogens is 2. The van der Waals surface area contributed by atoms with Gasteiger partial charge in [-0.15, -0.1) is 0 Å². The monoisotopic (exact) mass is 268 g/mol. The van der Waals surface area contributed by atoms with E-state index in [-0.39, 0.29) is 0 Å². The maximum absolute atomic E-state index is 10.3. The second-order valence-corrected chi connectivity index (χ2v) is 4.94. The molecule has 0 aliphatic heterocycles. The minimum absolute atomic E-state index is 0.427. The fourth-order valence-electron chi connectivity index (χ4n) is 2.18. The molecule has 0 saturated heterocycles. The normalized spacial score (nSPS) is 13.0. The highest BCUT2D eigenvalue weighted by atomic mass is 35.5. The van der Waals surface area contributed by atoms with Crippen LogP contribution in [-0.4, -0.2) is 14.9 Å². The van der Waals surface area contributed by atoms with E-state index in [9.17, 15) is 5.11 Å². The Labute approximate surface area is 111 Å². The van der Waals surface area contributed by atoms with E-state index in [2.05, 4.69) is 5.10 Å². The van der Waals surface area contributed by atoms with Crippen molar-refractivity contribution in [1.82, 2.24) is 9.78 Å². The molecule has 1 unspecified atom stereocenters. The van der Waals surface area contributed by atoms with Crippen LogP contribution in [0.3, 0.4) is 0 Å². The van der Waals surface area contributed by atoms with E-state index in [1.807, 2.05) is 33.9 Å². The molecule has 0 radical (unpaired) electrons. The second-order valence-electron chi connectivity index (χ2n) is 4.56. The highest BCUT2D eigenvalue weighted by Crippen LogP contribution is 2.28. The third-order valence-corrected chi connectivity index (χ3v) is 3.58. The number of halogens is 1. The molecule has 1 N–H and O–H groups in total. The summed E-state index contributed by atoms with van der Waals surface area (Å²) >= 11 is 6.17. The van der Waals surface area contributed by atoms with Crippen LogP contribution in [0.2, 0.25) is 5.02 Å². The van der Waals surface area contributed by atoms with Crippen molar-refractivity contribution in [2.45, 2.75) is 33.3 Å². The lowest BCUT2D eigenvalue weighted by molar-refractivity contribution is 0.174. The molecule has 18 heavy (non-hydrogen) atoms. The molecule has 0 aromatic carbocycles. The molecular formula is C13H17ClN2O2. The Morgan fingerprint density at radius 1 is 1.44 bits per heavy atom. The van der Waals surface area contributed by atoms with Crippen molar-refractivity contribution in [2.24, 2.45) is 7.05 Å². The van der Waals surface area contributed by atoms with Crippen LogP contribution in [0.4, 0.5) is 0 Å². The molecule has 1 atom stereocenters. The van der Waals surface area contributed by atoms with Crippen molar-refractivity contribution < 1.29 is 9.52 Å². The number of aliphatic hydroxyl groups is 1. The average Bonchev–Trinajstić information content (AvgIpc) is 2.73. The summed E-state index contributed by atoms with van der Waals surface area (Å²) in [5.41, 5.74) is 2.42. The first-order valence-electron chi connectivity index (χ1n) is 5.83. The van der Waals surface area contributed by atoms with Crippen LogP contribution in [0.1, 0.15) is 34.6 Å². The number of nitrogens with zero attached hydrogens (tertiary/aromatic N) is 2. The van der Waals surface area contributed by atoms with E-state index in [0.717, 1.165) is 28.5 Å². The molecule has 0 spiro atoms. The zero-order chi connectivity index (χ0) is 13.4. The third kappa shape index (κ3) is 2.31. The van der Waals surface area contributed by atoms with Gasteiger partial charge in [0.1, 0.15) is 11.5 Å². The Kier molecular flexibility index (Phi) is 3.50. The molecule has 0 saturated carbocycles. The number of hydrogen-bond donors (Lipinski definition) is 1. The maximum atomic E-state index is 10.3. The van der Waals surface area contributed by atoms with Crippen LogP contribution < -0.4 is 0 Å². The zero-order valence-corrected chi connectivity index (χ0v) is 11.7. The van der Waals surface area contributed by atoms with Crippen LogP contribution >= 0.6 is 11.6 Å². The van der Waals surface area contributed by atoms with Crippen molar-refractivity contribution in [3.63, 3.8) is 0 Å². The minimum atomic E-state index is -0.630. The van der Waals surface area contributed by atoms with Gasteiger partial charge in [0.25, 0.3) is 0 Å². The smallest absolute Gasteiger partial charge is 0.106 e. The van der Waals surface area contributed by atoms with Gasteiger partial charge in [-0.2, -0.15) is 5.10 Å². The fourth-order valence-corrected chi connectivity index (χ4v) is 2.41. The van der Waals surface area contributed by atoms with Crippen molar-refractivity contribution >= 4 is 11.6 Å². The van der Waals surface area contributed by atoms with Crippen molar-refractivity contribution in [1.29, 1.82) is 0 Å². The molecule has 98 valence electrons.